The zero-order chi connectivity index (χ0) is 17.2. The molecule has 1 amide bonds. The Bertz CT molecular complexity index is 910. The van der Waals surface area contributed by atoms with Gasteiger partial charge in [-0.05, 0) is 37.1 Å². The summed E-state index contributed by atoms with van der Waals surface area (Å²) in [7, 11) is 0. The summed E-state index contributed by atoms with van der Waals surface area (Å²) in [4.78, 5) is 31.2. The summed E-state index contributed by atoms with van der Waals surface area (Å²) in [5.74, 6) is 0.292. The molecule has 4 rings (SSSR count). The number of amides is 1. The average Bonchev–Trinajstić information content (AvgIpc) is 2.68. The Balaban J connectivity index is 1.46. The molecule has 25 heavy (non-hydrogen) atoms. The third-order valence-electron chi connectivity index (χ3n) is 4.53. The maximum absolute atomic E-state index is 12.4. The van der Waals surface area contributed by atoms with Gasteiger partial charge < -0.3 is 4.90 Å². The van der Waals surface area contributed by atoms with E-state index >= 15 is 0 Å². The highest BCUT2D eigenvalue weighted by Gasteiger charge is 2.26. The number of halogens is 1. The Morgan fingerprint density at radius 2 is 2.00 bits per heavy atom. The molecule has 0 unspecified atom stereocenters. The van der Waals surface area contributed by atoms with Crippen molar-refractivity contribution in [2.45, 2.75) is 18.8 Å². The molecule has 1 aliphatic heterocycles. The summed E-state index contributed by atoms with van der Waals surface area (Å²) in [6, 6.07) is 7.56. The van der Waals surface area contributed by atoms with Crippen molar-refractivity contribution < 1.29 is 4.79 Å². The van der Waals surface area contributed by atoms with Gasteiger partial charge in [0.1, 0.15) is 12.0 Å². The van der Waals surface area contributed by atoms with Gasteiger partial charge >= 0.3 is 0 Å². The molecule has 0 N–H and O–H groups in total. The van der Waals surface area contributed by atoms with E-state index in [1.807, 2.05) is 23.1 Å². The van der Waals surface area contributed by atoms with Crippen LogP contribution in [0.25, 0.3) is 11.0 Å². The Morgan fingerprint density at radius 3 is 2.76 bits per heavy atom. The molecule has 6 nitrogen and oxygen atoms in total. The Kier molecular flexibility index (Phi) is 4.28. The highest BCUT2D eigenvalue weighted by atomic mass is 35.5. The van der Waals surface area contributed by atoms with Crippen LogP contribution in [0.2, 0.25) is 5.02 Å². The van der Waals surface area contributed by atoms with Gasteiger partial charge in [-0.15, -0.1) is 0 Å². The van der Waals surface area contributed by atoms with E-state index in [9.17, 15) is 4.79 Å². The third-order valence-corrected chi connectivity index (χ3v) is 4.74. The quantitative estimate of drug-likeness (QED) is 0.708. The van der Waals surface area contributed by atoms with Gasteiger partial charge in [-0.1, -0.05) is 11.6 Å². The first-order valence-electron chi connectivity index (χ1n) is 8.18. The van der Waals surface area contributed by atoms with E-state index in [0.717, 1.165) is 23.9 Å². The minimum Gasteiger partial charge on any atom is -0.337 e. The normalized spacial score (nSPS) is 15.5. The molecule has 1 saturated heterocycles. The summed E-state index contributed by atoms with van der Waals surface area (Å²) in [5, 5.41) is 1.55. The van der Waals surface area contributed by atoms with Gasteiger partial charge in [0.15, 0.2) is 5.65 Å². The first-order chi connectivity index (χ1) is 12.2. The molecule has 1 fully saturated rings. The lowest BCUT2D eigenvalue weighted by molar-refractivity contribution is 0.0706. The van der Waals surface area contributed by atoms with Gasteiger partial charge in [-0.25, -0.2) is 19.9 Å². The van der Waals surface area contributed by atoms with Crippen LogP contribution in [0.1, 0.15) is 34.9 Å². The van der Waals surface area contributed by atoms with Crippen molar-refractivity contribution in [1.29, 1.82) is 0 Å². The molecule has 3 aromatic rings. The molecule has 4 heterocycles. The number of fused-ring (bicyclic) bond motifs is 1. The fraction of sp³-hybridized carbons (Fsp3) is 0.278. The predicted octanol–water partition coefficient (Wildman–Crippen LogP) is 3.09. The lowest BCUT2D eigenvalue weighted by atomic mass is 9.92. The number of hydrogen-bond donors (Lipinski definition) is 0. The molecule has 0 spiro atoms. The number of nitrogens with zero attached hydrogens (tertiary/aromatic N) is 5. The molecular weight excluding hydrogens is 338 g/mol. The van der Waals surface area contributed by atoms with Crippen LogP contribution in [0.4, 0.5) is 0 Å². The van der Waals surface area contributed by atoms with Crippen LogP contribution in [0, 0.1) is 0 Å². The summed E-state index contributed by atoms with van der Waals surface area (Å²) in [6.07, 6.45) is 6.36. The van der Waals surface area contributed by atoms with Crippen molar-refractivity contribution in [3.8, 4) is 0 Å². The second-order valence-corrected chi connectivity index (χ2v) is 6.53. The number of carbonyl (C=O) groups excluding carboxylic acids is 1. The zero-order valence-electron chi connectivity index (χ0n) is 13.5. The molecule has 126 valence electrons. The van der Waals surface area contributed by atoms with Crippen LogP contribution in [-0.2, 0) is 0 Å². The maximum Gasteiger partial charge on any atom is 0.272 e. The molecule has 0 bridgehead atoms. The van der Waals surface area contributed by atoms with Crippen molar-refractivity contribution >= 4 is 28.5 Å². The standard InChI is InChI=1S/C18H16ClN5O/c19-14-9-13-1-2-15(23-17(13)21-10-14)12-4-7-24(8-5-12)18(25)16-3-6-20-11-22-16/h1-3,6,9-12H,4-5,7-8H2. The number of pyridine rings is 2. The Hall–Kier alpha value is -2.60. The number of aromatic nitrogens is 4. The van der Waals surface area contributed by atoms with Crippen molar-refractivity contribution in [1.82, 2.24) is 24.8 Å². The van der Waals surface area contributed by atoms with E-state index in [1.54, 1.807) is 18.5 Å². The topological polar surface area (TPSA) is 71.9 Å². The van der Waals surface area contributed by atoms with Gasteiger partial charge in [0, 0.05) is 42.5 Å². The summed E-state index contributed by atoms with van der Waals surface area (Å²) in [5.41, 5.74) is 2.18. The Labute approximate surface area is 149 Å². The first-order valence-corrected chi connectivity index (χ1v) is 8.56. The highest BCUT2D eigenvalue weighted by molar-refractivity contribution is 6.31. The van der Waals surface area contributed by atoms with E-state index < -0.39 is 0 Å². The van der Waals surface area contributed by atoms with Crippen LogP contribution in [-0.4, -0.2) is 43.8 Å². The first kappa shape index (κ1) is 15.9. The molecule has 1 aliphatic rings. The van der Waals surface area contributed by atoms with Gasteiger partial charge in [-0.2, -0.15) is 0 Å². The average molecular weight is 354 g/mol. The van der Waals surface area contributed by atoms with E-state index in [1.165, 1.54) is 6.33 Å². The highest BCUT2D eigenvalue weighted by Crippen LogP contribution is 2.28. The lowest BCUT2D eigenvalue weighted by Crippen LogP contribution is -2.38. The van der Waals surface area contributed by atoms with E-state index in [0.29, 0.717) is 35.4 Å². The summed E-state index contributed by atoms with van der Waals surface area (Å²) < 4.78 is 0. The summed E-state index contributed by atoms with van der Waals surface area (Å²) in [6.45, 7) is 1.39. The Morgan fingerprint density at radius 1 is 1.16 bits per heavy atom. The summed E-state index contributed by atoms with van der Waals surface area (Å²) >= 11 is 5.97. The van der Waals surface area contributed by atoms with Crippen LogP contribution >= 0.6 is 11.6 Å². The second kappa shape index (κ2) is 6.72. The van der Waals surface area contributed by atoms with Gasteiger partial charge in [-0.3, -0.25) is 4.79 Å². The minimum absolute atomic E-state index is 0.0383. The molecule has 0 aromatic carbocycles. The van der Waals surface area contributed by atoms with Crippen molar-refractivity contribution in [3.63, 3.8) is 0 Å². The van der Waals surface area contributed by atoms with Gasteiger partial charge in [0.25, 0.3) is 5.91 Å². The SMILES string of the molecule is O=C(c1ccncn1)N1CCC(c2ccc3cc(Cl)cnc3n2)CC1. The predicted molar refractivity (Wildman–Crippen MR) is 94.5 cm³/mol. The molecule has 0 radical (unpaired) electrons. The third kappa shape index (κ3) is 3.30. The largest absolute Gasteiger partial charge is 0.337 e. The molecule has 0 aliphatic carbocycles. The van der Waals surface area contributed by atoms with E-state index in [4.69, 9.17) is 11.6 Å². The fourth-order valence-electron chi connectivity index (χ4n) is 3.18. The molecule has 7 heteroatoms. The molecule has 3 aromatic heterocycles. The van der Waals surface area contributed by atoms with Crippen molar-refractivity contribution in [2.75, 3.05) is 13.1 Å². The lowest BCUT2D eigenvalue weighted by Gasteiger charge is -2.31. The number of hydrogen-bond acceptors (Lipinski definition) is 5. The van der Waals surface area contributed by atoms with Crippen LogP contribution < -0.4 is 0 Å². The fourth-order valence-corrected chi connectivity index (χ4v) is 3.35. The number of piperidine rings is 1. The minimum atomic E-state index is -0.0383. The molecule has 0 atom stereocenters. The van der Waals surface area contributed by atoms with Crippen molar-refractivity contribution in [3.05, 3.63) is 59.4 Å². The van der Waals surface area contributed by atoms with Gasteiger partial charge in [0.2, 0.25) is 0 Å². The number of likely N-dealkylation sites (tertiary alicyclic amines) is 1. The monoisotopic (exact) mass is 353 g/mol. The second-order valence-electron chi connectivity index (χ2n) is 6.10. The zero-order valence-corrected chi connectivity index (χ0v) is 14.2. The van der Waals surface area contributed by atoms with Gasteiger partial charge in [0.05, 0.1) is 5.02 Å². The molecular formula is C18H16ClN5O. The number of carbonyl (C=O) groups is 1. The van der Waals surface area contributed by atoms with Crippen molar-refractivity contribution in [2.24, 2.45) is 0 Å². The molecule has 0 saturated carbocycles. The maximum atomic E-state index is 12.4. The van der Waals surface area contributed by atoms with Crippen LogP contribution in [0.3, 0.4) is 0 Å². The number of rotatable bonds is 2. The van der Waals surface area contributed by atoms with Crippen LogP contribution in [0.5, 0.6) is 0 Å². The smallest absolute Gasteiger partial charge is 0.272 e. The van der Waals surface area contributed by atoms with E-state index in [-0.39, 0.29) is 5.91 Å². The van der Waals surface area contributed by atoms with Crippen LogP contribution in [0.15, 0.2) is 43.0 Å². The van der Waals surface area contributed by atoms with E-state index in [2.05, 4.69) is 19.9 Å².